The molecule has 108 valence electrons. The summed E-state index contributed by atoms with van der Waals surface area (Å²) in [6, 6.07) is 14.6. The first-order valence-electron chi connectivity index (χ1n) is 6.76. The Kier molecular flexibility index (Phi) is 4.72. The maximum Gasteiger partial charge on any atom is 0.251 e. The fraction of sp³-hybridized carbons (Fsp3) is 0.176. The van der Waals surface area contributed by atoms with E-state index >= 15 is 0 Å². The standard InChI is InChI=1S/C17H18N2O2/c1-12-5-3-4-6-14(12)11-16(20)19-15-9-7-13(8-10-15)17(21)18-2/h3-10H,11H2,1-2H3,(H,18,21)(H,19,20). The van der Waals surface area contributed by atoms with Gasteiger partial charge in [0.25, 0.3) is 5.91 Å². The lowest BCUT2D eigenvalue weighted by atomic mass is 10.1. The van der Waals surface area contributed by atoms with Crippen LogP contribution in [0.1, 0.15) is 21.5 Å². The molecule has 0 aromatic heterocycles. The van der Waals surface area contributed by atoms with Gasteiger partial charge in [0.05, 0.1) is 6.42 Å². The average molecular weight is 282 g/mol. The summed E-state index contributed by atoms with van der Waals surface area (Å²) < 4.78 is 0. The van der Waals surface area contributed by atoms with E-state index in [1.165, 1.54) is 0 Å². The van der Waals surface area contributed by atoms with Crippen LogP contribution in [0, 0.1) is 6.92 Å². The van der Waals surface area contributed by atoms with Crippen molar-refractivity contribution >= 4 is 17.5 Å². The second-order valence-corrected chi connectivity index (χ2v) is 4.81. The van der Waals surface area contributed by atoms with Crippen LogP contribution in [0.25, 0.3) is 0 Å². The summed E-state index contributed by atoms with van der Waals surface area (Å²) in [6.07, 6.45) is 0.337. The molecule has 2 aromatic rings. The van der Waals surface area contributed by atoms with Crippen LogP contribution in [-0.2, 0) is 11.2 Å². The lowest BCUT2D eigenvalue weighted by Crippen LogP contribution is -2.18. The van der Waals surface area contributed by atoms with Crippen LogP contribution in [0.4, 0.5) is 5.69 Å². The number of aryl methyl sites for hydroxylation is 1. The van der Waals surface area contributed by atoms with Gasteiger partial charge >= 0.3 is 0 Å². The molecule has 0 spiro atoms. The number of rotatable bonds is 4. The van der Waals surface area contributed by atoms with Crippen molar-refractivity contribution in [3.8, 4) is 0 Å². The fourth-order valence-electron chi connectivity index (χ4n) is 2.04. The SMILES string of the molecule is CNC(=O)c1ccc(NC(=O)Cc2ccccc2C)cc1. The molecule has 2 N–H and O–H groups in total. The van der Waals surface area contributed by atoms with Crippen molar-refractivity contribution in [3.05, 3.63) is 65.2 Å². The molecule has 0 saturated carbocycles. The summed E-state index contributed by atoms with van der Waals surface area (Å²) >= 11 is 0. The highest BCUT2D eigenvalue weighted by molar-refractivity contribution is 5.96. The van der Waals surface area contributed by atoms with Gasteiger partial charge in [-0.3, -0.25) is 9.59 Å². The van der Waals surface area contributed by atoms with E-state index in [1.807, 2.05) is 31.2 Å². The van der Waals surface area contributed by atoms with Crippen LogP contribution in [0.15, 0.2) is 48.5 Å². The first-order chi connectivity index (χ1) is 10.1. The summed E-state index contributed by atoms with van der Waals surface area (Å²) in [5.74, 6) is -0.218. The normalized spacial score (nSPS) is 10.0. The summed E-state index contributed by atoms with van der Waals surface area (Å²) in [6.45, 7) is 1.99. The monoisotopic (exact) mass is 282 g/mol. The molecule has 0 bridgehead atoms. The maximum absolute atomic E-state index is 12.0. The Labute approximate surface area is 124 Å². The van der Waals surface area contributed by atoms with E-state index in [9.17, 15) is 9.59 Å². The minimum atomic E-state index is -0.146. The topological polar surface area (TPSA) is 58.2 Å². The molecular formula is C17H18N2O2. The number of hydrogen-bond acceptors (Lipinski definition) is 2. The van der Waals surface area contributed by atoms with Gasteiger partial charge < -0.3 is 10.6 Å². The highest BCUT2D eigenvalue weighted by Crippen LogP contribution is 2.12. The number of hydrogen-bond donors (Lipinski definition) is 2. The van der Waals surface area contributed by atoms with Gasteiger partial charge in [-0.05, 0) is 42.3 Å². The van der Waals surface area contributed by atoms with Gasteiger partial charge in [0.2, 0.25) is 5.91 Å². The number of benzene rings is 2. The lowest BCUT2D eigenvalue weighted by molar-refractivity contribution is -0.115. The first kappa shape index (κ1) is 14.8. The second-order valence-electron chi connectivity index (χ2n) is 4.81. The van der Waals surface area contributed by atoms with E-state index in [0.717, 1.165) is 11.1 Å². The third-order valence-corrected chi connectivity index (χ3v) is 3.27. The molecule has 0 aliphatic rings. The molecule has 4 nitrogen and oxygen atoms in total. The first-order valence-corrected chi connectivity index (χ1v) is 6.76. The predicted octanol–water partition coefficient (Wildman–Crippen LogP) is 2.54. The van der Waals surface area contributed by atoms with Crippen LogP contribution in [0.2, 0.25) is 0 Å². The van der Waals surface area contributed by atoms with Gasteiger partial charge in [0, 0.05) is 18.3 Å². The van der Waals surface area contributed by atoms with Gasteiger partial charge in [-0.15, -0.1) is 0 Å². The Morgan fingerprint density at radius 2 is 1.67 bits per heavy atom. The Balaban J connectivity index is 2.00. The maximum atomic E-state index is 12.0. The Morgan fingerprint density at radius 3 is 2.29 bits per heavy atom. The molecule has 0 radical (unpaired) electrons. The largest absolute Gasteiger partial charge is 0.355 e. The van der Waals surface area contributed by atoms with Gasteiger partial charge in [0.15, 0.2) is 0 Å². The van der Waals surface area contributed by atoms with E-state index in [4.69, 9.17) is 0 Å². The van der Waals surface area contributed by atoms with Gasteiger partial charge in [0.1, 0.15) is 0 Å². The second kappa shape index (κ2) is 6.70. The molecule has 4 heteroatoms. The Hall–Kier alpha value is -2.62. The summed E-state index contributed by atoms with van der Waals surface area (Å²) in [7, 11) is 1.58. The minimum Gasteiger partial charge on any atom is -0.355 e. The number of carbonyl (C=O) groups is 2. The molecular weight excluding hydrogens is 264 g/mol. The molecule has 0 heterocycles. The molecule has 21 heavy (non-hydrogen) atoms. The minimum absolute atomic E-state index is 0.0722. The van der Waals surface area contributed by atoms with E-state index < -0.39 is 0 Å². The molecule has 0 unspecified atom stereocenters. The smallest absolute Gasteiger partial charge is 0.251 e. The van der Waals surface area contributed by atoms with Crippen LogP contribution >= 0.6 is 0 Å². The highest BCUT2D eigenvalue weighted by Gasteiger charge is 2.07. The zero-order valence-electron chi connectivity index (χ0n) is 12.1. The molecule has 0 fully saturated rings. The molecule has 0 aliphatic carbocycles. The van der Waals surface area contributed by atoms with E-state index in [1.54, 1.807) is 31.3 Å². The zero-order chi connectivity index (χ0) is 15.2. The third-order valence-electron chi connectivity index (χ3n) is 3.27. The molecule has 0 aliphatic heterocycles. The molecule has 2 aromatic carbocycles. The van der Waals surface area contributed by atoms with E-state index in [0.29, 0.717) is 17.7 Å². The van der Waals surface area contributed by atoms with E-state index in [2.05, 4.69) is 10.6 Å². The number of nitrogens with one attached hydrogen (secondary N) is 2. The van der Waals surface area contributed by atoms with Crippen LogP contribution in [0.3, 0.4) is 0 Å². The van der Waals surface area contributed by atoms with Crippen molar-refractivity contribution < 1.29 is 9.59 Å². The number of carbonyl (C=O) groups excluding carboxylic acids is 2. The predicted molar refractivity (Wildman–Crippen MR) is 83.3 cm³/mol. The van der Waals surface area contributed by atoms with Crippen molar-refractivity contribution in [2.45, 2.75) is 13.3 Å². The highest BCUT2D eigenvalue weighted by atomic mass is 16.2. The van der Waals surface area contributed by atoms with Crippen LogP contribution in [0.5, 0.6) is 0 Å². The van der Waals surface area contributed by atoms with Crippen molar-refractivity contribution in [2.75, 3.05) is 12.4 Å². The van der Waals surface area contributed by atoms with Crippen molar-refractivity contribution in [1.82, 2.24) is 5.32 Å². The molecule has 2 amide bonds. The third kappa shape index (κ3) is 3.92. The summed E-state index contributed by atoms with van der Waals surface area (Å²) in [4.78, 5) is 23.4. The van der Waals surface area contributed by atoms with Crippen LogP contribution < -0.4 is 10.6 Å². The summed E-state index contributed by atoms with van der Waals surface area (Å²) in [5.41, 5.74) is 3.36. The molecule has 0 saturated heterocycles. The van der Waals surface area contributed by atoms with Crippen molar-refractivity contribution in [1.29, 1.82) is 0 Å². The van der Waals surface area contributed by atoms with Gasteiger partial charge in [-0.25, -0.2) is 0 Å². The fourth-order valence-corrected chi connectivity index (χ4v) is 2.04. The molecule has 2 rings (SSSR count). The summed E-state index contributed by atoms with van der Waals surface area (Å²) in [5, 5.41) is 5.39. The van der Waals surface area contributed by atoms with E-state index in [-0.39, 0.29) is 11.8 Å². The van der Waals surface area contributed by atoms with Gasteiger partial charge in [-0.1, -0.05) is 24.3 Å². The zero-order valence-corrected chi connectivity index (χ0v) is 12.1. The van der Waals surface area contributed by atoms with Crippen molar-refractivity contribution in [3.63, 3.8) is 0 Å². The lowest BCUT2D eigenvalue weighted by Gasteiger charge is -2.08. The Bertz CT molecular complexity index is 648. The average Bonchev–Trinajstić information content (AvgIpc) is 2.49. The number of amides is 2. The Morgan fingerprint density at radius 1 is 1.00 bits per heavy atom. The molecule has 0 atom stereocenters. The quantitative estimate of drug-likeness (QED) is 0.905. The van der Waals surface area contributed by atoms with Crippen molar-refractivity contribution in [2.24, 2.45) is 0 Å². The van der Waals surface area contributed by atoms with Gasteiger partial charge in [-0.2, -0.15) is 0 Å². The number of anilines is 1. The van der Waals surface area contributed by atoms with Crippen LogP contribution in [-0.4, -0.2) is 18.9 Å².